The molecule has 2 amide bonds. The van der Waals surface area contributed by atoms with Gasteiger partial charge in [-0.15, -0.1) is 0 Å². The van der Waals surface area contributed by atoms with Crippen LogP contribution in [0.25, 0.3) is 10.3 Å². The number of thiazole rings is 1. The summed E-state index contributed by atoms with van der Waals surface area (Å²) in [5, 5.41) is 6.28. The molecule has 1 fully saturated rings. The quantitative estimate of drug-likeness (QED) is 0.546. The largest absolute Gasteiger partial charge is 0.494 e. The molecule has 0 spiro atoms. The molecule has 1 saturated heterocycles. The van der Waals surface area contributed by atoms with Crippen LogP contribution in [0.4, 0.5) is 27.5 Å². The molecule has 0 unspecified atom stereocenters. The summed E-state index contributed by atoms with van der Waals surface area (Å²) in [5.74, 6) is -0.737. The summed E-state index contributed by atoms with van der Waals surface area (Å²) in [5.41, 5.74) is -0.405. The molecule has 0 bridgehead atoms. The molecule has 3 aromatic rings. The lowest BCUT2D eigenvalue weighted by molar-refractivity contribution is -0.140. The van der Waals surface area contributed by atoms with Crippen molar-refractivity contribution in [3.8, 4) is 5.75 Å². The van der Waals surface area contributed by atoms with Crippen LogP contribution in [0.3, 0.4) is 0 Å². The standard InChI is InChI=1S/C20H19F4N5O2S/c1-31-15-4-6-25-17-16(15)27-18(32-17)28-19(30)29-7-5-12(10-29)26-9-11-2-3-14(21)13(8-11)20(22,23)24/h2-4,6,8,12,26H,5,7,9-10H2,1H3,(H,27,28,30)/t12-/m1/s1. The zero-order valence-electron chi connectivity index (χ0n) is 16.9. The van der Waals surface area contributed by atoms with Gasteiger partial charge < -0.3 is 15.0 Å². The van der Waals surface area contributed by atoms with E-state index in [1.165, 1.54) is 24.5 Å². The zero-order valence-corrected chi connectivity index (χ0v) is 17.7. The predicted octanol–water partition coefficient (Wildman–Crippen LogP) is 4.25. The fourth-order valence-electron chi connectivity index (χ4n) is 3.47. The lowest BCUT2D eigenvalue weighted by Gasteiger charge is -2.17. The highest BCUT2D eigenvalue weighted by Gasteiger charge is 2.34. The maximum absolute atomic E-state index is 13.4. The number of carbonyl (C=O) groups is 1. The third-order valence-corrected chi connectivity index (χ3v) is 5.98. The first kappa shape index (κ1) is 22.2. The number of nitrogens with zero attached hydrogens (tertiary/aromatic N) is 3. The van der Waals surface area contributed by atoms with Gasteiger partial charge in [-0.25, -0.2) is 19.2 Å². The molecular formula is C20H19F4N5O2S. The average Bonchev–Trinajstić information content (AvgIpc) is 3.38. The molecule has 2 N–H and O–H groups in total. The van der Waals surface area contributed by atoms with Crippen molar-refractivity contribution < 1.29 is 27.1 Å². The van der Waals surface area contributed by atoms with Crippen molar-refractivity contribution in [3.63, 3.8) is 0 Å². The summed E-state index contributed by atoms with van der Waals surface area (Å²) in [6.45, 7) is 0.992. The molecule has 12 heteroatoms. The first-order valence-corrected chi connectivity index (χ1v) is 10.5. The fraction of sp³-hybridized carbons (Fsp3) is 0.350. The molecule has 1 aromatic carbocycles. The fourth-order valence-corrected chi connectivity index (χ4v) is 4.29. The number of methoxy groups -OCH3 is 1. The molecule has 0 saturated carbocycles. The van der Waals surface area contributed by atoms with Gasteiger partial charge in [-0.05, 0) is 24.1 Å². The molecule has 0 aliphatic carbocycles. The van der Waals surface area contributed by atoms with E-state index in [-0.39, 0.29) is 18.6 Å². The van der Waals surface area contributed by atoms with Crippen molar-refractivity contribution in [2.45, 2.75) is 25.2 Å². The number of ether oxygens (including phenoxy) is 1. The summed E-state index contributed by atoms with van der Waals surface area (Å²) in [4.78, 5) is 23.4. The molecule has 1 aliphatic heterocycles. The molecule has 7 nitrogen and oxygen atoms in total. The zero-order chi connectivity index (χ0) is 22.9. The van der Waals surface area contributed by atoms with E-state index in [9.17, 15) is 22.4 Å². The van der Waals surface area contributed by atoms with Crippen LogP contribution in [0.2, 0.25) is 0 Å². The molecule has 3 heterocycles. The van der Waals surface area contributed by atoms with E-state index in [1.807, 2.05) is 0 Å². The Bertz CT molecular complexity index is 1140. The number of anilines is 1. The lowest BCUT2D eigenvalue weighted by atomic mass is 10.1. The Labute approximate surface area is 184 Å². The van der Waals surface area contributed by atoms with Gasteiger partial charge >= 0.3 is 12.2 Å². The molecule has 32 heavy (non-hydrogen) atoms. The number of nitrogens with one attached hydrogen (secondary N) is 2. The minimum atomic E-state index is -4.75. The van der Waals surface area contributed by atoms with Crippen LogP contribution in [0.1, 0.15) is 17.5 Å². The summed E-state index contributed by atoms with van der Waals surface area (Å²) in [6.07, 6.45) is -2.51. The topological polar surface area (TPSA) is 79.4 Å². The Hall–Kier alpha value is -2.99. The molecule has 170 valence electrons. The second-order valence-electron chi connectivity index (χ2n) is 7.24. The first-order chi connectivity index (χ1) is 15.2. The first-order valence-electron chi connectivity index (χ1n) is 9.69. The number of fused-ring (bicyclic) bond motifs is 1. The van der Waals surface area contributed by atoms with Gasteiger partial charge in [0.25, 0.3) is 0 Å². The highest BCUT2D eigenvalue weighted by atomic mass is 32.1. The van der Waals surface area contributed by atoms with Gasteiger partial charge in [0, 0.05) is 37.9 Å². The molecule has 1 aliphatic rings. The number of alkyl halides is 3. The third kappa shape index (κ3) is 4.75. The normalized spacial score (nSPS) is 16.5. The van der Waals surface area contributed by atoms with E-state index < -0.39 is 17.6 Å². The second-order valence-corrected chi connectivity index (χ2v) is 8.22. The van der Waals surface area contributed by atoms with Crippen molar-refractivity contribution in [3.05, 3.63) is 47.4 Å². The van der Waals surface area contributed by atoms with Crippen molar-refractivity contribution in [2.24, 2.45) is 0 Å². The van der Waals surface area contributed by atoms with Gasteiger partial charge in [0.2, 0.25) is 0 Å². The van der Waals surface area contributed by atoms with E-state index in [2.05, 4.69) is 20.6 Å². The average molecular weight is 469 g/mol. The number of likely N-dealkylation sites (tertiary alicyclic amines) is 1. The molecule has 2 aromatic heterocycles. The van der Waals surface area contributed by atoms with Crippen LogP contribution in [0.5, 0.6) is 5.75 Å². The second kappa shape index (κ2) is 8.87. The number of hydrogen-bond donors (Lipinski definition) is 2. The monoisotopic (exact) mass is 469 g/mol. The molecule has 0 radical (unpaired) electrons. The van der Waals surface area contributed by atoms with Crippen molar-refractivity contribution in [1.29, 1.82) is 0 Å². The number of halogens is 4. The Morgan fingerprint density at radius 2 is 2.16 bits per heavy atom. The highest BCUT2D eigenvalue weighted by Crippen LogP contribution is 2.32. The summed E-state index contributed by atoms with van der Waals surface area (Å²) < 4.78 is 57.3. The number of pyridine rings is 1. The maximum Gasteiger partial charge on any atom is 0.419 e. The molecule has 1 atom stereocenters. The molecule has 4 rings (SSSR count). The number of urea groups is 1. The van der Waals surface area contributed by atoms with Crippen molar-refractivity contribution in [1.82, 2.24) is 20.2 Å². The number of hydrogen-bond acceptors (Lipinski definition) is 6. The lowest BCUT2D eigenvalue weighted by Crippen LogP contribution is -2.37. The Kier molecular flexibility index (Phi) is 6.15. The van der Waals surface area contributed by atoms with E-state index in [4.69, 9.17) is 4.74 Å². The van der Waals surface area contributed by atoms with Crippen LogP contribution in [0, 0.1) is 5.82 Å². The molecular weight excluding hydrogens is 450 g/mol. The van der Waals surface area contributed by atoms with Crippen molar-refractivity contribution in [2.75, 3.05) is 25.5 Å². The van der Waals surface area contributed by atoms with Crippen LogP contribution >= 0.6 is 11.3 Å². The Morgan fingerprint density at radius 1 is 1.34 bits per heavy atom. The predicted molar refractivity (Wildman–Crippen MR) is 111 cm³/mol. The van der Waals surface area contributed by atoms with E-state index in [0.29, 0.717) is 46.3 Å². The summed E-state index contributed by atoms with van der Waals surface area (Å²) in [7, 11) is 1.53. The number of carbonyl (C=O) groups excluding carboxylic acids is 1. The van der Waals surface area contributed by atoms with Crippen LogP contribution in [0.15, 0.2) is 30.5 Å². The van der Waals surface area contributed by atoms with Crippen LogP contribution in [-0.4, -0.2) is 47.1 Å². The minimum absolute atomic E-state index is 0.0998. The number of benzene rings is 1. The maximum atomic E-state index is 13.4. The third-order valence-electron chi connectivity index (χ3n) is 5.10. The van der Waals surface area contributed by atoms with Crippen LogP contribution < -0.4 is 15.4 Å². The van der Waals surface area contributed by atoms with Crippen molar-refractivity contribution >= 4 is 32.8 Å². The number of rotatable bonds is 5. The summed E-state index contributed by atoms with van der Waals surface area (Å²) >= 11 is 1.23. The SMILES string of the molecule is COc1ccnc2sc(NC(=O)N3CC[C@@H](NCc4ccc(F)c(C(F)(F)F)c4)C3)nc12. The highest BCUT2D eigenvalue weighted by molar-refractivity contribution is 7.22. The van der Waals surface area contributed by atoms with Gasteiger partial charge in [0.15, 0.2) is 5.13 Å². The van der Waals surface area contributed by atoms with E-state index in [1.54, 1.807) is 17.2 Å². The van der Waals surface area contributed by atoms with Crippen LogP contribution in [-0.2, 0) is 12.7 Å². The smallest absolute Gasteiger partial charge is 0.419 e. The van der Waals surface area contributed by atoms with E-state index in [0.717, 1.165) is 12.1 Å². The van der Waals surface area contributed by atoms with Gasteiger partial charge in [-0.3, -0.25) is 5.32 Å². The summed E-state index contributed by atoms with van der Waals surface area (Å²) in [6, 6.07) is 4.19. The van der Waals surface area contributed by atoms with Gasteiger partial charge in [-0.2, -0.15) is 13.2 Å². The number of aromatic nitrogens is 2. The minimum Gasteiger partial charge on any atom is -0.494 e. The van der Waals surface area contributed by atoms with Gasteiger partial charge in [-0.1, -0.05) is 17.4 Å². The number of amides is 2. The van der Waals surface area contributed by atoms with Gasteiger partial charge in [0.1, 0.15) is 21.9 Å². The Morgan fingerprint density at radius 3 is 2.91 bits per heavy atom. The van der Waals surface area contributed by atoms with E-state index >= 15 is 0 Å². The van der Waals surface area contributed by atoms with Gasteiger partial charge in [0.05, 0.1) is 12.7 Å². The Balaban J connectivity index is 1.33.